The fourth-order valence-corrected chi connectivity index (χ4v) is 2.90. The minimum Gasteiger partial charge on any atom is -0.353 e. The van der Waals surface area contributed by atoms with Crippen LogP contribution in [0, 0.1) is 6.92 Å². The minimum absolute atomic E-state index is 0.736. The first-order chi connectivity index (χ1) is 12.3. The van der Waals surface area contributed by atoms with Crippen LogP contribution >= 0.6 is 0 Å². The van der Waals surface area contributed by atoms with Gasteiger partial charge in [0.25, 0.3) is 0 Å². The summed E-state index contributed by atoms with van der Waals surface area (Å²) in [5, 5.41) is 0. The molecule has 0 aliphatic carbocycles. The number of nitrogens with zero attached hydrogens (tertiary/aromatic N) is 7. The van der Waals surface area contributed by atoms with Crippen molar-refractivity contribution in [1.29, 1.82) is 0 Å². The largest absolute Gasteiger partial charge is 0.353 e. The molecule has 0 amide bonds. The number of hydrogen-bond donors (Lipinski definition) is 0. The van der Waals surface area contributed by atoms with E-state index in [4.69, 9.17) is 0 Å². The van der Waals surface area contributed by atoms with Crippen LogP contribution in [0.25, 0.3) is 11.4 Å². The average molecular weight is 333 g/mol. The number of aryl methyl sites for hydroxylation is 1. The van der Waals surface area contributed by atoms with Gasteiger partial charge in [-0.3, -0.25) is 9.97 Å². The molecule has 25 heavy (non-hydrogen) atoms. The first-order valence-electron chi connectivity index (χ1n) is 8.31. The van der Waals surface area contributed by atoms with Crippen LogP contribution in [-0.2, 0) is 0 Å². The topological polar surface area (TPSA) is 70.9 Å². The first-order valence-corrected chi connectivity index (χ1v) is 8.31. The Balaban J connectivity index is 1.48. The highest BCUT2D eigenvalue weighted by Crippen LogP contribution is 2.19. The Hall–Kier alpha value is -3.09. The number of anilines is 2. The molecule has 0 N–H and O–H groups in total. The molecule has 1 aliphatic heterocycles. The molecule has 0 saturated carbocycles. The lowest BCUT2D eigenvalue weighted by atomic mass is 10.2. The zero-order valence-corrected chi connectivity index (χ0v) is 14.1. The second-order valence-electron chi connectivity index (χ2n) is 6.00. The minimum atomic E-state index is 0.736. The van der Waals surface area contributed by atoms with E-state index in [0.29, 0.717) is 0 Å². The summed E-state index contributed by atoms with van der Waals surface area (Å²) in [4.78, 5) is 26.5. The van der Waals surface area contributed by atoms with Gasteiger partial charge in [-0.15, -0.1) is 0 Å². The van der Waals surface area contributed by atoms with E-state index in [1.807, 2.05) is 18.3 Å². The van der Waals surface area contributed by atoms with Gasteiger partial charge >= 0.3 is 0 Å². The summed E-state index contributed by atoms with van der Waals surface area (Å²) in [6.07, 6.45) is 8.69. The molecule has 126 valence electrons. The number of piperazine rings is 1. The Morgan fingerprint density at radius 3 is 2.36 bits per heavy atom. The number of aromatic nitrogens is 5. The second kappa shape index (κ2) is 6.80. The van der Waals surface area contributed by atoms with E-state index in [2.05, 4.69) is 47.7 Å². The summed E-state index contributed by atoms with van der Waals surface area (Å²) < 4.78 is 0. The lowest BCUT2D eigenvalue weighted by molar-refractivity contribution is 0.634. The molecule has 4 heterocycles. The summed E-state index contributed by atoms with van der Waals surface area (Å²) in [6, 6.07) is 6.01. The van der Waals surface area contributed by atoms with E-state index in [1.165, 1.54) is 5.56 Å². The van der Waals surface area contributed by atoms with Crippen LogP contribution in [0.2, 0.25) is 0 Å². The normalized spacial score (nSPS) is 14.6. The van der Waals surface area contributed by atoms with Gasteiger partial charge in [0.15, 0.2) is 0 Å². The van der Waals surface area contributed by atoms with Gasteiger partial charge in [-0.2, -0.15) is 0 Å². The highest BCUT2D eigenvalue weighted by Gasteiger charge is 2.20. The zero-order chi connectivity index (χ0) is 17.1. The van der Waals surface area contributed by atoms with Gasteiger partial charge in [-0.25, -0.2) is 15.0 Å². The molecule has 0 radical (unpaired) electrons. The molecule has 7 heteroatoms. The van der Waals surface area contributed by atoms with E-state index in [-0.39, 0.29) is 0 Å². The maximum atomic E-state index is 4.66. The summed E-state index contributed by atoms with van der Waals surface area (Å²) >= 11 is 0. The molecule has 7 nitrogen and oxygen atoms in total. The van der Waals surface area contributed by atoms with Gasteiger partial charge in [0.2, 0.25) is 5.95 Å². The molecule has 0 aromatic carbocycles. The molecular formula is C18H19N7. The predicted molar refractivity (Wildman–Crippen MR) is 96.5 cm³/mol. The van der Waals surface area contributed by atoms with Crippen molar-refractivity contribution in [3.63, 3.8) is 0 Å². The highest BCUT2D eigenvalue weighted by atomic mass is 15.3. The first kappa shape index (κ1) is 15.4. The number of hydrogen-bond acceptors (Lipinski definition) is 7. The standard InChI is InChI=1S/C18H19N7/c1-14-2-4-21-17(12-14)24-8-10-25(11-9-24)18-22-5-3-15(23-18)16-13-19-6-7-20-16/h2-7,12-13H,8-11H2,1H3. The van der Waals surface area contributed by atoms with E-state index in [0.717, 1.165) is 49.3 Å². The average Bonchev–Trinajstić information content (AvgIpc) is 2.69. The van der Waals surface area contributed by atoms with Crippen molar-refractivity contribution in [1.82, 2.24) is 24.9 Å². The quantitative estimate of drug-likeness (QED) is 0.725. The third kappa shape index (κ3) is 3.40. The monoisotopic (exact) mass is 333 g/mol. The molecule has 1 saturated heterocycles. The molecule has 1 fully saturated rings. The SMILES string of the molecule is Cc1ccnc(N2CCN(c3nccc(-c4cnccn4)n3)CC2)c1. The van der Waals surface area contributed by atoms with E-state index in [1.54, 1.807) is 24.8 Å². The molecule has 1 aliphatic rings. The van der Waals surface area contributed by atoms with E-state index < -0.39 is 0 Å². The van der Waals surface area contributed by atoms with E-state index in [9.17, 15) is 0 Å². The van der Waals surface area contributed by atoms with Crippen LogP contribution < -0.4 is 9.80 Å². The number of pyridine rings is 1. The Bertz CT molecular complexity index is 845. The lowest BCUT2D eigenvalue weighted by Crippen LogP contribution is -2.47. The maximum Gasteiger partial charge on any atom is 0.226 e. The molecule has 0 atom stereocenters. The van der Waals surface area contributed by atoms with Gasteiger partial charge in [0, 0.05) is 51.0 Å². The van der Waals surface area contributed by atoms with Crippen LogP contribution in [0.4, 0.5) is 11.8 Å². The molecule has 3 aromatic heterocycles. The summed E-state index contributed by atoms with van der Waals surface area (Å²) in [7, 11) is 0. The van der Waals surface area contributed by atoms with Crippen molar-refractivity contribution in [2.24, 2.45) is 0 Å². The lowest BCUT2D eigenvalue weighted by Gasteiger charge is -2.35. The Morgan fingerprint density at radius 1 is 0.800 bits per heavy atom. The molecular weight excluding hydrogens is 314 g/mol. The van der Waals surface area contributed by atoms with Gasteiger partial charge in [-0.1, -0.05) is 0 Å². The summed E-state index contributed by atoms with van der Waals surface area (Å²) in [5.74, 6) is 1.77. The van der Waals surface area contributed by atoms with Crippen LogP contribution in [0.15, 0.2) is 49.2 Å². The number of rotatable bonds is 3. The second-order valence-corrected chi connectivity index (χ2v) is 6.00. The van der Waals surface area contributed by atoms with Gasteiger partial charge in [0.05, 0.1) is 11.9 Å². The Labute approximate surface area is 146 Å². The van der Waals surface area contributed by atoms with Crippen LogP contribution in [0.5, 0.6) is 0 Å². The fraction of sp³-hybridized carbons (Fsp3) is 0.278. The third-order valence-corrected chi connectivity index (χ3v) is 4.26. The maximum absolute atomic E-state index is 4.66. The van der Waals surface area contributed by atoms with Crippen molar-refractivity contribution in [3.8, 4) is 11.4 Å². The smallest absolute Gasteiger partial charge is 0.226 e. The van der Waals surface area contributed by atoms with Gasteiger partial charge in [0.1, 0.15) is 11.5 Å². The molecule has 3 aromatic rings. The Morgan fingerprint density at radius 2 is 1.60 bits per heavy atom. The van der Waals surface area contributed by atoms with Crippen molar-refractivity contribution < 1.29 is 0 Å². The van der Waals surface area contributed by atoms with Gasteiger partial charge in [-0.05, 0) is 30.7 Å². The van der Waals surface area contributed by atoms with Crippen molar-refractivity contribution >= 4 is 11.8 Å². The summed E-state index contributed by atoms with van der Waals surface area (Å²) in [5.41, 5.74) is 2.78. The van der Waals surface area contributed by atoms with Crippen molar-refractivity contribution in [2.45, 2.75) is 6.92 Å². The molecule has 0 bridgehead atoms. The van der Waals surface area contributed by atoms with Crippen LogP contribution in [-0.4, -0.2) is 51.1 Å². The fourth-order valence-electron chi connectivity index (χ4n) is 2.90. The zero-order valence-electron chi connectivity index (χ0n) is 14.1. The van der Waals surface area contributed by atoms with Gasteiger partial charge < -0.3 is 9.80 Å². The summed E-state index contributed by atoms with van der Waals surface area (Å²) in [6.45, 7) is 5.61. The van der Waals surface area contributed by atoms with Crippen molar-refractivity contribution in [2.75, 3.05) is 36.0 Å². The van der Waals surface area contributed by atoms with Crippen molar-refractivity contribution in [3.05, 3.63) is 54.7 Å². The highest BCUT2D eigenvalue weighted by molar-refractivity contribution is 5.54. The van der Waals surface area contributed by atoms with E-state index >= 15 is 0 Å². The molecule has 4 rings (SSSR count). The predicted octanol–water partition coefficient (Wildman–Crippen LogP) is 1.96. The molecule has 0 unspecified atom stereocenters. The van der Waals surface area contributed by atoms with Crippen LogP contribution in [0.3, 0.4) is 0 Å². The third-order valence-electron chi connectivity index (χ3n) is 4.26. The molecule has 0 spiro atoms. The Kier molecular flexibility index (Phi) is 4.20. The van der Waals surface area contributed by atoms with Crippen LogP contribution in [0.1, 0.15) is 5.56 Å².